The molecule has 3 aromatic rings. The van der Waals surface area contributed by atoms with Gasteiger partial charge in [0.15, 0.2) is 11.6 Å². The minimum absolute atomic E-state index is 0.267. The van der Waals surface area contributed by atoms with Gasteiger partial charge in [-0.25, -0.2) is 4.39 Å². The highest BCUT2D eigenvalue weighted by atomic mass is 19.1. The van der Waals surface area contributed by atoms with Gasteiger partial charge in [0.25, 0.3) is 0 Å². The molecule has 0 fully saturated rings. The van der Waals surface area contributed by atoms with Gasteiger partial charge in [-0.1, -0.05) is 63.6 Å². The normalized spacial score (nSPS) is 11.2. The lowest BCUT2D eigenvalue weighted by Crippen LogP contribution is -2.00. The summed E-state index contributed by atoms with van der Waals surface area (Å²) in [7, 11) is 0. The Kier molecular flexibility index (Phi) is 7.53. The molecule has 0 unspecified atom stereocenters. The summed E-state index contributed by atoms with van der Waals surface area (Å²) in [5.74, 6) is 0.921. The molecule has 3 heteroatoms. The molecule has 0 bridgehead atoms. The first-order valence-corrected chi connectivity index (χ1v) is 10.6. The Morgan fingerprint density at radius 3 is 2.21 bits per heavy atom. The smallest absolute Gasteiger partial charge is 0.172 e. The van der Waals surface area contributed by atoms with Crippen LogP contribution in [0.4, 0.5) is 4.39 Å². The zero-order chi connectivity index (χ0) is 19.8. The average Bonchev–Trinajstić information content (AvgIpc) is 2.71. The van der Waals surface area contributed by atoms with Gasteiger partial charge in [-0.05, 0) is 53.8 Å². The first kappa shape index (κ1) is 20.4. The van der Waals surface area contributed by atoms with Crippen molar-refractivity contribution in [1.82, 2.24) is 0 Å². The van der Waals surface area contributed by atoms with Crippen molar-refractivity contribution in [3.8, 4) is 11.5 Å². The maximum atomic E-state index is 15.0. The van der Waals surface area contributed by atoms with Crippen molar-refractivity contribution in [2.75, 3.05) is 13.2 Å². The molecule has 2 nitrogen and oxygen atoms in total. The van der Waals surface area contributed by atoms with Crippen molar-refractivity contribution < 1.29 is 13.9 Å². The molecular formula is C25H31FO2. The number of unbranched alkanes of at least 4 members (excludes halogenated alkanes) is 6. The van der Waals surface area contributed by atoms with E-state index in [1.165, 1.54) is 32.1 Å². The van der Waals surface area contributed by atoms with Gasteiger partial charge in [0, 0.05) is 5.39 Å². The van der Waals surface area contributed by atoms with Crippen LogP contribution in [-0.4, -0.2) is 13.2 Å². The predicted molar refractivity (Wildman–Crippen MR) is 116 cm³/mol. The van der Waals surface area contributed by atoms with Gasteiger partial charge in [-0.15, -0.1) is 0 Å². The molecule has 0 heterocycles. The van der Waals surface area contributed by atoms with Crippen LogP contribution in [0.15, 0.2) is 42.5 Å². The van der Waals surface area contributed by atoms with E-state index < -0.39 is 0 Å². The number of ether oxygens (including phenoxy) is 2. The Morgan fingerprint density at radius 1 is 0.714 bits per heavy atom. The molecule has 0 radical (unpaired) electrons. The molecule has 0 aliphatic carbocycles. The lowest BCUT2D eigenvalue weighted by atomic mass is 10.0. The Bertz CT molecular complexity index is 904. The van der Waals surface area contributed by atoms with E-state index in [-0.39, 0.29) is 5.82 Å². The summed E-state index contributed by atoms with van der Waals surface area (Å²) in [6.07, 6.45) is 8.55. The van der Waals surface area contributed by atoms with E-state index in [1.807, 2.05) is 43.3 Å². The molecule has 150 valence electrons. The van der Waals surface area contributed by atoms with Crippen LogP contribution < -0.4 is 9.47 Å². The second kappa shape index (κ2) is 10.3. The third kappa shape index (κ3) is 4.95. The Hall–Kier alpha value is -2.29. The first-order chi connectivity index (χ1) is 13.7. The standard InChI is InChI=1S/C25H31FO2/c1-3-5-6-7-8-9-10-17-28-24-16-15-22-21-14-12-20(27-4-2)18-19(21)11-13-23(22)25(24)26/h11-16,18H,3-10,17H2,1-2H3. The maximum Gasteiger partial charge on any atom is 0.172 e. The van der Waals surface area contributed by atoms with Crippen LogP contribution in [0.25, 0.3) is 21.5 Å². The fourth-order valence-corrected chi connectivity index (χ4v) is 3.68. The molecule has 0 aromatic heterocycles. The summed E-state index contributed by atoms with van der Waals surface area (Å²) in [5.41, 5.74) is 0. The molecule has 0 saturated heterocycles. The average molecular weight is 383 g/mol. The Morgan fingerprint density at radius 2 is 1.43 bits per heavy atom. The highest BCUT2D eigenvalue weighted by molar-refractivity contribution is 6.08. The van der Waals surface area contributed by atoms with Crippen LogP contribution in [-0.2, 0) is 0 Å². The zero-order valence-electron chi connectivity index (χ0n) is 17.1. The number of hydrogen-bond acceptors (Lipinski definition) is 2. The second-order valence-electron chi connectivity index (χ2n) is 7.32. The van der Waals surface area contributed by atoms with Crippen LogP contribution in [0.1, 0.15) is 58.8 Å². The molecule has 28 heavy (non-hydrogen) atoms. The van der Waals surface area contributed by atoms with Crippen molar-refractivity contribution >= 4 is 21.5 Å². The summed E-state index contributed by atoms with van der Waals surface area (Å²) in [5, 5.41) is 3.59. The van der Waals surface area contributed by atoms with E-state index in [4.69, 9.17) is 9.47 Å². The Labute approximate surface area is 167 Å². The number of hydrogen-bond donors (Lipinski definition) is 0. The van der Waals surface area contributed by atoms with Gasteiger partial charge in [-0.2, -0.15) is 0 Å². The lowest BCUT2D eigenvalue weighted by molar-refractivity contribution is 0.291. The molecule has 0 amide bonds. The van der Waals surface area contributed by atoms with E-state index in [1.54, 1.807) is 6.07 Å². The van der Waals surface area contributed by atoms with Crippen LogP contribution in [0.5, 0.6) is 11.5 Å². The minimum Gasteiger partial charge on any atom is -0.494 e. The third-order valence-electron chi connectivity index (χ3n) is 5.20. The van der Waals surface area contributed by atoms with Crippen molar-refractivity contribution in [1.29, 1.82) is 0 Å². The fourth-order valence-electron chi connectivity index (χ4n) is 3.68. The van der Waals surface area contributed by atoms with Crippen LogP contribution >= 0.6 is 0 Å². The highest BCUT2D eigenvalue weighted by Gasteiger charge is 2.11. The predicted octanol–water partition coefficient (Wildman–Crippen LogP) is 7.66. The van der Waals surface area contributed by atoms with E-state index in [2.05, 4.69) is 6.92 Å². The van der Waals surface area contributed by atoms with Crippen molar-refractivity contribution in [2.45, 2.75) is 58.8 Å². The third-order valence-corrected chi connectivity index (χ3v) is 5.20. The molecule has 0 saturated carbocycles. The highest BCUT2D eigenvalue weighted by Crippen LogP contribution is 2.33. The van der Waals surface area contributed by atoms with Crippen molar-refractivity contribution in [3.05, 3.63) is 48.3 Å². The SMILES string of the molecule is CCCCCCCCCOc1ccc2c(ccc3cc(OCC)ccc32)c1F. The maximum absolute atomic E-state index is 15.0. The van der Waals surface area contributed by atoms with Crippen LogP contribution in [0.3, 0.4) is 0 Å². The van der Waals surface area contributed by atoms with E-state index >= 15 is 0 Å². The van der Waals surface area contributed by atoms with Gasteiger partial charge >= 0.3 is 0 Å². The molecular weight excluding hydrogens is 351 g/mol. The largest absolute Gasteiger partial charge is 0.494 e. The van der Waals surface area contributed by atoms with E-state index in [9.17, 15) is 4.39 Å². The van der Waals surface area contributed by atoms with E-state index in [0.29, 0.717) is 24.3 Å². The topological polar surface area (TPSA) is 18.5 Å². The van der Waals surface area contributed by atoms with Gasteiger partial charge in [-0.3, -0.25) is 0 Å². The van der Waals surface area contributed by atoms with Crippen molar-refractivity contribution in [2.24, 2.45) is 0 Å². The zero-order valence-corrected chi connectivity index (χ0v) is 17.1. The summed E-state index contributed by atoms with van der Waals surface area (Å²) < 4.78 is 26.3. The minimum atomic E-state index is -0.267. The summed E-state index contributed by atoms with van der Waals surface area (Å²) in [6, 6.07) is 13.4. The van der Waals surface area contributed by atoms with Gasteiger partial charge in [0.1, 0.15) is 5.75 Å². The molecule has 3 aromatic carbocycles. The summed E-state index contributed by atoms with van der Waals surface area (Å²) in [4.78, 5) is 0. The van der Waals surface area contributed by atoms with Gasteiger partial charge in [0.2, 0.25) is 0 Å². The number of rotatable bonds is 11. The molecule has 0 aliphatic rings. The number of benzene rings is 3. The summed E-state index contributed by atoms with van der Waals surface area (Å²) in [6.45, 7) is 5.40. The van der Waals surface area contributed by atoms with E-state index in [0.717, 1.165) is 34.7 Å². The monoisotopic (exact) mass is 382 g/mol. The van der Waals surface area contributed by atoms with Gasteiger partial charge < -0.3 is 9.47 Å². The molecule has 0 aliphatic heterocycles. The first-order valence-electron chi connectivity index (χ1n) is 10.6. The number of halogens is 1. The van der Waals surface area contributed by atoms with Crippen LogP contribution in [0.2, 0.25) is 0 Å². The Balaban J connectivity index is 1.66. The summed E-state index contributed by atoms with van der Waals surface area (Å²) >= 11 is 0. The second-order valence-corrected chi connectivity index (χ2v) is 7.32. The quantitative estimate of drug-likeness (QED) is 0.250. The fraction of sp³-hybridized carbons (Fsp3) is 0.440. The van der Waals surface area contributed by atoms with Crippen LogP contribution in [0, 0.1) is 5.82 Å². The van der Waals surface area contributed by atoms with Crippen molar-refractivity contribution in [3.63, 3.8) is 0 Å². The molecule has 0 atom stereocenters. The molecule has 3 rings (SSSR count). The number of fused-ring (bicyclic) bond motifs is 3. The lowest BCUT2D eigenvalue weighted by Gasteiger charge is -2.11. The molecule has 0 N–H and O–H groups in total. The van der Waals surface area contributed by atoms with Gasteiger partial charge in [0.05, 0.1) is 13.2 Å². The molecule has 0 spiro atoms.